The van der Waals surface area contributed by atoms with Crippen molar-refractivity contribution in [3.8, 4) is 11.4 Å². The van der Waals surface area contributed by atoms with Crippen molar-refractivity contribution in [1.82, 2.24) is 14.9 Å². The molecule has 1 fully saturated rings. The molecule has 8 heteroatoms. The molecule has 1 aromatic carbocycles. The van der Waals surface area contributed by atoms with Crippen LogP contribution in [-0.2, 0) is 10.0 Å². The van der Waals surface area contributed by atoms with E-state index in [-0.39, 0.29) is 17.2 Å². The fraction of sp³-hybridized carbons (Fsp3) is 0.438. The number of carbonyl (C=O) groups is 1. The monoisotopic (exact) mass is 349 g/mol. The van der Waals surface area contributed by atoms with Crippen LogP contribution in [0.15, 0.2) is 28.8 Å². The van der Waals surface area contributed by atoms with E-state index < -0.39 is 15.9 Å². The highest BCUT2D eigenvalue weighted by atomic mass is 32.2. The maximum Gasteiger partial charge on any atom is 0.264 e. The smallest absolute Gasteiger partial charge is 0.264 e. The molecule has 1 amide bonds. The number of hydrogen-bond acceptors (Lipinski definition) is 6. The Balaban J connectivity index is 1.72. The maximum atomic E-state index is 12.3. The number of nitrogens with zero attached hydrogens (tertiary/aromatic N) is 2. The average Bonchev–Trinajstić information content (AvgIpc) is 3.18. The van der Waals surface area contributed by atoms with Crippen LogP contribution in [0.3, 0.4) is 0 Å². The molecule has 1 aromatic heterocycles. The molecule has 1 saturated carbocycles. The molecule has 128 valence electrons. The van der Waals surface area contributed by atoms with Gasteiger partial charge in [-0.25, -0.2) is 13.1 Å². The second-order valence-corrected chi connectivity index (χ2v) is 7.85. The Kier molecular flexibility index (Phi) is 4.66. The van der Waals surface area contributed by atoms with E-state index in [0.717, 1.165) is 25.7 Å². The van der Waals surface area contributed by atoms with Crippen LogP contribution in [0.25, 0.3) is 11.4 Å². The number of carbonyl (C=O) groups excluding carboxylic acids is 1. The summed E-state index contributed by atoms with van der Waals surface area (Å²) in [6.07, 6.45) is 3.92. The highest BCUT2D eigenvalue weighted by Crippen LogP contribution is 2.25. The van der Waals surface area contributed by atoms with E-state index in [1.165, 1.54) is 0 Å². The van der Waals surface area contributed by atoms with Crippen LogP contribution in [0.2, 0.25) is 0 Å². The van der Waals surface area contributed by atoms with E-state index in [1.54, 1.807) is 31.2 Å². The predicted octanol–water partition coefficient (Wildman–Crippen LogP) is 2.29. The normalized spacial score (nSPS) is 15.5. The van der Waals surface area contributed by atoms with Gasteiger partial charge < -0.3 is 4.52 Å². The molecule has 0 saturated heterocycles. The third kappa shape index (κ3) is 4.00. The first-order valence-corrected chi connectivity index (χ1v) is 9.54. The van der Waals surface area contributed by atoms with Gasteiger partial charge in [0.2, 0.25) is 21.7 Å². The summed E-state index contributed by atoms with van der Waals surface area (Å²) in [4.78, 5) is 16.4. The van der Waals surface area contributed by atoms with Gasteiger partial charge in [0, 0.05) is 18.1 Å². The highest BCUT2D eigenvalue weighted by molar-refractivity contribution is 7.90. The average molecular weight is 349 g/mol. The number of benzene rings is 1. The number of rotatable bonds is 5. The summed E-state index contributed by atoms with van der Waals surface area (Å²) in [5, 5.41) is 3.79. The lowest BCUT2D eigenvalue weighted by molar-refractivity contribution is 0.0981. The van der Waals surface area contributed by atoms with Gasteiger partial charge in [0.15, 0.2) is 0 Å². The SMILES string of the molecule is Cc1nc(-c2cccc(C(=O)NS(=O)(=O)CC3CCCC3)c2)no1. The van der Waals surface area contributed by atoms with Crippen molar-refractivity contribution in [2.24, 2.45) is 5.92 Å². The second-order valence-electron chi connectivity index (χ2n) is 6.08. The van der Waals surface area contributed by atoms with E-state index in [4.69, 9.17) is 4.52 Å². The molecule has 0 radical (unpaired) electrons. The van der Waals surface area contributed by atoms with Gasteiger partial charge in [0.05, 0.1) is 5.75 Å². The highest BCUT2D eigenvalue weighted by Gasteiger charge is 2.24. The van der Waals surface area contributed by atoms with Gasteiger partial charge in [-0.05, 0) is 30.9 Å². The first kappa shape index (κ1) is 16.6. The summed E-state index contributed by atoms with van der Waals surface area (Å²) >= 11 is 0. The van der Waals surface area contributed by atoms with Crippen molar-refractivity contribution in [1.29, 1.82) is 0 Å². The second kappa shape index (κ2) is 6.72. The summed E-state index contributed by atoms with van der Waals surface area (Å²) in [6.45, 7) is 1.67. The van der Waals surface area contributed by atoms with Crippen LogP contribution in [0.5, 0.6) is 0 Å². The van der Waals surface area contributed by atoms with Crippen LogP contribution in [-0.4, -0.2) is 30.2 Å². The molecular weight excluding hydrogens is 330 g/mol. The third-order valence-electron chi connectivity index (χ3n) is 4.09. The Morgan fingerprint density at radius 1 is 1.33 bits per heavy atom. The standard InChI is InChI=1S/C16H19N3O4S/c1-11-17-15(18-23-11)13-7-4-8-14(9-13)16(20)19-24(21,22)10-12-5-2-3-6-12/h4,7-9,12H,2-3,5-6,10H2,1H3,(H,19,20). The van der Waals surface area contributed by atoms with E-state index in [2.05, 4.69) is 14.9 Å². The molecule has 7 nitrogen and oxygen atoms in total. The third-order valence-corrected chi connectivity index (χ3v) is 5.50. The number of nitrogens with one attached hydrogen (secondary N) is 1. The fourth-order valence-electron chi connectivity index (χ4n) is 2.95. The fourth-order valence-corrected chi connectivity index (χ4v) is 4.38. The van der Waals surface area contributed by atoms with Crippen molar-refractivity contribution >= 4 is 15.9 Å². The molecule has 0 spiro atoms. The Morgan fingerprint density at radius 3 is 2.75 bits per heavy atom. The molecule has 0 unspecified atom stereocenters. The minimum absolute atomic E-state index is 0.00245. The van der Waals surface area contributed by atoms with Gasteiger partial charge >= 0.3 is 0 Å². The lowest BCUT2D eigenvalue weighted by atomic mass is 10.1. The molecule has 0 aliphatic heterocycles. The van der Waals surface area contributed by atoms with E-state index in [9.17, 15) is 13.2 Å². The Bertz CT molecular complexity index is 839. The predicted molar refractivity (Wildman–Crippen MR) is 87.7 cm³/mol. The van der Waals surface area contributed by atoms with Crippen molar-refractivity contribution in [3.63, 3.8) is 0 Å². The van der Waals surface area contributed by atoms with Crippen molar-refractivity contribution in [3.05, 3.63) is 35.7 Å². The van der Waals surface area contributed by atoms with Crippen molar-refractivity contribution in [2.75, 3.05) is 5.75 Å². The topological polar surface area (TPSA) is 102 Å². The molecular formula is C16H19N3O4S. The summed E-state index contributed by atoms with van der Waals surface area (Å²) in [5.41, 5.74) is 0.831. The first-order chi connectivity index (χ1) is 11.4. The molecule has 1 heterocycles. The Morgan fingerprint density at radius 2 is 2.08 bits per heavy atom. The van der Waals surface area contributed by atoms with Crippen LogP contribution >= 0.6 is 0 Å². The number of hydrogen-bond donors (Lipinski definition) is 1. The van der Waals surface area contributed by atoms with Gasteiger partial charge in [-0.1, -0.05) is 30.1 Å². The maximum absolute atomic E-state index is 12.3. The lowest BCUT2D eigenvalue weighted by Gasteiger charge is -2.11. The number of aromatic nitrogens is 2. The van der Waals surface area contributed by atoms with E-state index >= 15 is 0 Å². The Hall–Kier alpha value is -2.22. The molecule has 3 rings (SSSR count). The van der Waals surface area contributed by atoms with E-state index in [0.29, 0.717) is 17.3 Å². The summed E-state index contributed by atoms with van der Waals surface area (Å²) < 4.78 is 31.4. The van der Waals surface area contributed by atoms with Crippen molar-refractivity contribution in [2.45, 2.75) is 32.6 Å². The molecule has 0 bridgehead atoms. The van der Waals surface area contributed by atoms with Gasteiger partial charge in [-0.2, -0.15) is 4.98 Å². The van der Waals surface area contributed by atoms with Gasteiger partial charge in [-0.3, -0.25) is 4.79 Å². The quantitative estimate of drug-likeness (QED) is 0.888. The zero-order valence-corrected chi connectivity index (χ0v) is 14.2. The van der Waals surface area contributed by atoms with E-state index in [1.807, 2.05) is 0 Å². The number of sulfonamides is 1. The minimum Gasteiger partial charge on any atom is -0.339 e. The summed E-state index contributed by atoms with van der Waals surface area (Å²) in [7, 11) is -3.64. The van der Waals surface area contributed by atoms with Crippen LogP contribution in [0, 0.1) is 12.8 Å². The van der Waals surface area contributed by atoms with Gasteiger partial charge in [-0.15, -0.1) is 0 Å². The van der Waals surface area contributed by atoms with Crippen molar-refractivity contribution < 1.29 is 17.7 Å². The minimum atomic E-state index is -3.64. The van der Waals surface area contributed by atoms with Gasteiger partial charge in [0.1, 0.15) is 0 Å². The van der Waals surface area contributed by atoms with Crippen LogP contribution in [0.1, 0.15) is 41.9 Å². The lowest BCUT2D eigenvalue weighted by Crippen LogP contribution is -2.34. The zero-order chi connectivity index (χ0) is 17.2. The molecule has 24 heavy (non-hydrogen) atoms. The Labute approximate surface area is 140 Å². The molecule has 1 N–H and O–H groups in total. The molecule has 1 aliphatic rings. The first-order valence-electron chi connectivity index (χ1n) is 7.88. The number of aryl methyl sites for hydroxylation is 1. The summed E-state index contributed by atoms with van der Waals surface area (Å²) in [5.74, 6) is 0.275. The largest absolute Gasteiger partial charge is 0.339 e. The number of amides is 1. The molecule has 1 aliphatic carbocycles. The molecule has 0 atom stereocenters. The zero-order valence-electron chi connectivity index (χ0n) is 13.4. The van der Waals surface area contributed by atoms with Crippen LogP contribution in [0.4, 0.5) is 0 Å². The van der Waals surface area contributed by atoms with Crippen LogP contribution < -0.4 is 4.72 Å². The molecule has 2 aromatic rings. The summed E-state index contributed by atoms with van der Waals surface area (Å²) in [6, 6.07) is 6.48. The van der Waals surface area contributed by atoms with Gasteiger partial charge in [0.25, 0.3) is 5.91 Å².